The Morgan fingerprint density at radius 1 is 1.64 bits per heavy atom. The first kappa shape index (κ1) is 9.71. The van der Waals surface area contributed by atoms with Gasteiger partial charge in [0.2, 0.25) is 0 Å². The van der Waals surface area contributed by atoms with Gasteiger partial charge in [-0.1, -0.05) is 6.58 Å². The van der Waals surface area contributed by atoms with Crippen LogP contribution >= 0.6 is 0 Å². The van der Waals surface area contributed by atoms with E-state index in [-0.39, 0.29) is 23.8 Å². The van der Waals surface area contributed by atoms with Crippen molar-refractivity contribution < 1.29 is 14.3 Å². The molecule has 1 saturated carbocycles. The van der Waals surface area contributed by atoms with Crippen LogP contribution in [-0.2, 0) is 14.3 Å². The van der Waals surface area contributed by atoms with Gasteiger partial charge in [-0.15, -0.1) is 0 Å². The predicted octanol–water partition coefficient (Wildman–Crippen LogP) is 1.82. The first-order valence-corrected chi connectivity index (χ1v) is 5.07. The highest BCUT2D eigenvalue weighted by atomic mass is 16.6. The van der Waals surface area contributed by atoms with Crippen LogP contribution in [0.25, 0.3) is 0 Å². The largest absolute Gasteiger partial charge is 0.456 e. The molecule has 1 aliphatic carbocycles. The molecule has 1 saturated heterocycles. The fourth-order valence-corrected chi connectivity index (χ4v) is 2.09. The van der Waals surface area contributed by atoms with Crippen LogP contribution in [0.15, 0.2) is 12.2 Å². The van der Waals surface area contributed by atoms with Crippen LogP contribution in [0.5, 0.6) is 0 Å². The molecule has 1 heterocycles. The normalized spacial score (nSPS) is 39.9. The number of carbonyl (C=O) groups excluding carboxylic acids is 1. The minimum atomic E-state index is -0.297. The number of hydrogen-bond acceptors (Lipinski definition) is 3. The second kappa shape index (κ2) is 3.09. The van der Waals surface area contributed by atoms with Gasteiger partial charge in [0.25, 0.3) is 0 Å². The first-order valence-electron chi connectivity index (χ1n) is 5.07. The summed E-state index contributed by atoms with van der Waals surface area (Å²) < 4.78 is 10.9. The third-order valence-corrected chi connectivity index (χ3v) is 3.05. The van der Waals surface area contributed by atoms with E-state index in [9.17, 15) is 4.79 Å². The maximum absolute atomic E-state index is 11.3. The fraction of sp³-hybridized carbons (Fsp3) is 0.727. The van der Waals surface area contributed by atoms with Crippen molar-refractivity contribution in [2.75, 3.05) is 0 Å². The lowest BCUT2D eigenvalue weighted by Gasteiger charge is -2.21. The van der Waals surface area contributed by atoms with Crippen LogP contribution in [-0.4, -0.2) is 23.8 Å². The minimum absolute atomic E-state index is 0.0156. The number of rotatable bonds is 2. The number of fused-ring (bicyclic) bond motifs is 1. The quantitative estimate of drug-likeness (QED) is 0.384. The lowest BCUT2D eigenvalue weighted by Crippen LogP contribution is -2.32. The van der Waals surface area contributed by atoms with E-state index in [1.165, 1.54) is 0 Å². The molecule has 2 fully saturated rings. The molecule has 0 aromatic rings. The van der Waals surface area contributed by atoms with Crippen molar-refractivity contribution >= 4 is 5.97 Å². The van der Waals surface area contributed by atoms with E-state index < -0.39 is 0 Å². The molecule has 3 heteroatoms. The van der Waals surface area contributed by atoms with E-state index >= 15 is 0 Å². The Bertz CT molecular complexity index is 284. The Balaban J connectivity index is 1.93. The zero-order valence-corrected chi connectivity index (χ0v) is 8.71. The van der Waals surface area contributed by atoms with Crippen LogP contribution in [0.3, 0.4) is 0 Å². The molecule has 2 rings (SSSR count). The van der Waals surface area contributed by atoms with E-state index in [2.05, 4.69) is 13.5 Å². The Hall–Kier alpha value is -0.830. The zero-order chi connectivity index (χ0) is 10.3. The molecule has 0 radical (unpaired) electrons. The summed E-state index contributed by atoms with van der Waals surface area (Å²) in [5.41, 5.74) is 0.441. The minimum Gasteiger partial charge on any atom is -0.456 e. The Morgan fingerprint density at radius 2 is 2.36 bits per heavy atom. The van der Waals surface area contributed by atoms with Crippen molar-refractivity contribution in [2.24, 2.45) is 0 Å². The maximum atomic E-state index is 11.3. The molecule has 14 heavy (non-hydrogen) atoms. The lowest BCUT2D eigenvalue weighted by atomic mass is 9.88. The third-order valence-electron chi connectivity index (χ3n) is 3.05. The van der Waals surface area contributed by atoms with Gasteiger partial charge in [-0.2, -0.15) is 0 Å². The molecule has 0 aromatic carbocycles. The van der Waals surface area contributed by atoms with Crippen LogP contribution < -0.4 is 0 Å². The van der Waals surface area contributed by atoms with E-state index in [0.29, 0.717) is 5.57 Å². The fourth-order valence-electron chi connectivity index (χ4n) is 2.09. The Kier molecular flexibility index (Phi) is 2.14. The highest BCUT2D eigenvalue weighted by Gasteiger charge is 2.59. The third kappa shape index (κ3) is 1.57. The molecule has 3 unspecified atom stereocenters. The van der Waals surface area contributed by atoms with Crippen molar-refractivity contribution in [1.29, 1.82) is 0 Å². The summed E-state index contributed by atoms with van der Waals surface area (Å²) in [6, 6.07) is 0. The lowest BCUT2D eigenvalue weighted by molar-refractivity contribution is -0.145. The van der Waals surface area contributed by atoms with Crippen LogP contribution in [0.1, 0.15) is 33.1 Å². The second-order valence-electron chi connectivity index (χ2n) is 4.47. The molecule has 1 aliphatic heterocycles. The van der Waals surface area contributed by atoms with Crippen molar-refractivity contribution in [3.8, 4) is 0 Å². The molecule has 0 aromatic heterocycles. The summed E-state index contributed by atoms with van der Waals surface area (Å²) >= 11 is 0. The number of carbonyl (C=O) groups is 1. The summed E-state index contributed by atoms with van der Waals surface area (Å²) in [5, 5.41) is 0. The van der Waals surface area contributed by atoms with Crippen LogP contribution in [0.4, 0.5) is 0 Å². The van der Waals surface area contributed by atoms with Gasteiger partial charge in [-0.05, 0) is 33.1 Å². The SMILES string of the molecule is C=C(C)C(=O)OC1CCCC2(C)OC12. The topological polar surface area (TPSA) is 38.8 Å². The number of hydrogen-bond donors (Lipinski definition) is 0. The summed E-state index contributed by atoms with van der Waals surface area (Å²) in [6.45, 7) is 7.31. The number of ether oxygens (including phenoxy) is 2. The average Bonchev–Trinajstić information content (AvgIpc) is 2.78. The van der Waals surface area contributed by atoms with Crippen molar-refractivity contribution in [3.63, 3.8) is 0 Å². The van der Waals surface area contributed by atoms with Gasteiger partial charge >= 0.3 is 5.97 Å². The summed E-state index contributed by atoms with van der Waals surface area (Å²) in [5.74, 6) is -0.297. The molecular weight excluding hydrogens is 180 g/mol. The van der Waals surface area contributed by atoms with Crippen LogP contribution in [0, 0.1) is 0 Å². The number of epoxide rings is 1. The first-order chi connectivity index (χ1) is 6.53. The molecule has 0 spiro atoms. The van der Waals surface area contributed by atoms with E-state index in [1.54, 1.807) is 6.92 Å². The average molecular weight is 196 g/mol. The second-order valence-corrected chi connectivity index (χ2v) is 4.47. The van der Waals surface area contributed by atoms with Gasteiger partial charge in [0.1, 0.15) is 12.2 Å². The Labute approximate surface area is 84.1 Å². The zero-order valence-electron chi connectivity index (χ0n) is 8.71. The molecule has 0 bridgehead atoms. The molecule has 2 aliphatic rings. The summed E-state index contributed by atoms with van der Waals surface area (Å²) in [4.78, 5) is 11.3. The van der Waals surface area contributed by atoms with E-state index in [4.69, 9.17) is 9.47 Å². The standard InChI is InChI=1S/C11H16O3/c1-7(2)10(12)13-8-5-4-6-11(3)9(8)14-11/h8-9H,1,4-6H2,2-3H3. The summed E-state index contributed by atoms with van der Waals surface area (Å²) in [6.07, 6.45) is 3.14. The molecule has 0 amide bonds. The van der Waals surface area contributed by atoms with Gasteiger partial charge in [-0.25, -0.2) is 4.79 Å². The maximum Gasteiger partial charge on any atom is 0.333 e. The monoisotopic (exact) mass is 196 g/mol. The van der Waals surface area contributed by atoms with Gasteiger partial charge in [0, 0.05) is 5.57 Å². The summed E-state index contributed by atoms with van der Waals surface area (Å²) in [7, 11) is 0. The molecule has 3 nitrogen and oxygen atoms in total. The van der Waals surface area contributed by atoms with Crippen molar-refractivity contribution in [2.45, 2.75) is 50.9 Å². The van der Waals surface area contributed by atoms with Gasteiger partial charge in [0.05, 0.1) is 5.60 Å². The highest BCUT2D eigenvalue weighted by Crippen LogP contribution is 2.48. The molecule has 0 N–H and O–H groups in total. The Morgan fingerprint density at radius 3 is 3.00 bits per heavy atom. The van der Waals surface area contributed by atoms with E-state index in [1.807, 2.05) is 0 Å². The number of esters is 1. The van der Waals surface area contributed by atoms with E-state index in [0.717, 1.165) is 19.3 Å². The van der Waals surface area contributed by atoms with Gasteiger partial charge in [-0.3, -0.25) is 0 Å². The van der Waals surface area contributed by atoms with Gasteiger partial charge < -0.3 is 9.47 Å². The smallest absolute Gasteiger partial charge is 0.333 e. The van der Waals surface area contributed by atoms with Crippen LogP contribution in [0.2, 0.25) is 0 Å². The van der Waals surface area contributed by atoms with Gasteiger partial charge in [0.15, 0.2) is 0 Å². The highest BCUT2D eigenvalue weighted by molar-refractivity contribution is 5.87. The van der Waals surface area contributed by atoms with Crippen molar-refractivity contribution in [1.82, 2.24) is 0 Å². The molecular formula is C11H16O3. The molecule has 3 atom stereocenters. The van der Waals surface area contributed by atoms with Crippen molar-refractivity contribution in [3.05, 3.63) is 12.2 Å². The predicted molar refractivity (Wildman–Crippen MR) is 51.8 cm³/mol. The molecule has 78 valence electrons.